The van der Waals surface area contributed by atoms with Crippen LogP contribution in [-0.2, 0) is 5.54 Å². The van der Waals surface area contributed by atoms with Crippen LogP contribution in [0.1, 0.15) is 29.7 Å². The van der Waals surface area contributed by atoms with Gasteiger partial charge in [0.05, 0.1) is 11.2 Å². The number of benzene rings is 1. The number of aryl methyl sites for hydroxylation is 1. The average molecular weight is 287 g/mol. The van der Waals surface area contributed by atoms with E-state index in [1.165, 1.54) is 24.0 Å². The van der Waals surface area contributed by atoms with E-state index in [2.05, 4.69) is 41.5 Å². The topological polar surface area (TPSA) is 24.9 Å². The van der Waals surface area contributed by atoms with Gasteiger partial charge in [0.1, 0.15) is 0 Å². The number of hydrogen-bond donors (Lipinski definition) is 1. The third kappa shape index (κ3) is 2.23. The van der Waals surface area contributed by atoms with E-state index in [9.17, 15) is 0 Å². The fourth-order valence-corrected chi connectivity index (χ4v) is 3.13. The first kappa shape index (κ1) is 13.6. The molecule has 1 aromatic carbocycles. The molecule has 0 bridgehead atoms. The van der Waals surface area contributed by atoms with Crippen LogP contribution in [0, 0.1) is 12.8 Å². The molecule has 0 amide bonds. The zero-order valence-electron chi connectivity index (χ0n) is 11.9. The Morgan fingerprint density at radius 1 is 1.15 bits per heavy atom. The quantitative estimate of drug-likeness (QED) is 0.921. The molecule has 3 heteroatoms. The summed E-state index contributed by atoms with van der Waals surface area (Å²) in [5.74, 6) is 0.601. The van der Waals surface area contributed by atoms with Gasteiger partial charge in [0, 0.05) is 11.2 Å². The lowest BCUT2D eigenvalue weighted by Crippen LogP contribution is -2.44. The Morgan fingerprint density at radius 3 is 2.35 bits per heavy atom. The first-order valence-electron chi connectivity index (χ1n) is 7.05. The minimum Gasteiger partial charge on any atom is -0.305 e. The molecular formula is C17H19ClN2. The molecule has 2 nitrogen and oxygen atoms in total. The Morgan fingerprint density at radius 2 is 1.85 bits per heavy atom. The molecule has 0 spiro atoms. The summed E-state index contributed by atoms with van der Waals surface area (Å²) in [6, 6.07) is 12.4. The lowest BCUT2D eigenvalue weighted by Gasteiger charge is -2.34. The van der Waals surface area contributed by atoms with E-state index in [-0.39, 0.29) is 5.54 Å². The van der Waals surface area contributed by atoms with Gasteiger partial charge in [-0.05, 0) is 62.1 Å². The van der Waals surface area contributed by atoms with Crippen LogP contribution in [0.5, 0.6) is 0 Å². The lowest BCUT2D eigenvalue weighted by molar-refractivity contribution is 0.371. The summed E-state index contributed by atoms with van der Waals surface area (Å²) in [7, 11) is 2.02. The van der Waals surface area contributed by atoms with Gasteiger partial charge < -0.3 is 5.32 Å². The minimum atomic E-state index is -0.196. The van der Waals surface area contributed by atoms with Crippen molar-refractivity contribution in [3.63, 3.8) is 0 Å². The van der Waals surface area contributed by atoms with E-state index in [0.717, 1.165) is 10.7 Å². The molecule has 1 aliphatic rings. The van der Waals surface area contributed by atoms with Crippen molar-refractivity contribution in [3.8, 4) is 0 Å². The third-order valence-corrected chi connectivity index (χ3v) is 4.45. The smallest absolute Gasteiger partial charge is 0.0889 e. The van der Waals surface area contributed by atoms with Crippen LogP contribution in [0.4, 0.5) is 0 Å². The van der Waals surface area contributed by atoms with Crippen molar-refractivity contribution < 1.29 is 0 Å². The lowest BCUT2D eigenvalue weighted by atomic mass is 9.81. The molecule has 1 unspecified atom stereocenters. The van der Waals surface area contributed by atoms with Gasteiger partial charge in [0.25, 0.3) is 0 Å². The second kappa shape index (κ2) is 5.19. The van der Waals surface area contributed by atoms with Crippen LogP contribution < -0.4 is 5.32 Å². The van der Waals surface area contributed by atoms with Crippen molar-refractivity contribution in [2.75, 3.05) is 7.05 Å². The van der Waals surface area contributed by atoms with E-state index >= 15 is 0 Å². The standard InChI is InChI=1S/C17H19ClN2/c1-12-3-10-16(20-11-12)17(19-2,13-4-5-13)14-6-8-15(18)9-7-14/h3,6-11,13,19H,4-5H2,1-2H3. The summed E-state index contributed by atoms with van der Waals surface area (Å²) >= 11 is 6.03. The Bertz CT molecular complexity index is 540. The number of rotatable bonds is 4. The van der Waals surface area contributed by atoms with Crippen molar-refractivity contribution in [1.82, 2.24) is 10.3 Å². The van der Waals surface area contributed by atoms with E-state index in [1.807, 2.05) is 25.4 Å². The van der Waals surface area contributed by atoms with Crippen LogP contribution in [0.3, 0.4) is 0 Å². The largest absolute Gasteiger partial charge is 0.305 e. The predicted molar refractivity (Wildman–Crippen MR) is 83.0 cm³/mol. The van der Waals surface area contributed by atoms with Crippen molar-refractivity contribution in [2.24, 2.45) is 5.92 Å². The van der Waals surface area contributed by atoms with Gasteiger partial charge >= 0.3 is 0 Å². The summed E-state index contributed by atoms with van der Waals surface area (Å²) in [4.78, 5) is 4.69. The van der Waals surface area contributed by atoms with E-state index in [0.29, 0.717) is 5.92 Å². The number of nitrogens with zero attached hydrogens (tertiary/aromatic N) is 1. The van der Waals surface area contributed by atoms with Gasteiger partial charge in [0.15, 0.2) is 0 Å². The highest BCUT2D eigenvalue weighted by molar-refractivity contribution is 6.30. The predicted octanol–water partition coefficient (Wildman–Crippen LogP) is 3.92. The molecule has 3 rings (SSSR count). The van der Waals surface area contributed by atoms with Crippen LogP contribution in [0.15, 0.2) is 42.6 Å². The van der Waals surface area contributed by atoms with Gasteiger partial charge in [-0.3, -0.25) is 4.98 Å². The number of halogens is 1. The SMILES string of the molecule is CNC(c1ccc(Cl)cc1)(c1ccc(C)cn1)C1CC1. The highest BCUT2D eigenvalue weighted by Crippen LogP contribution is 2.49. The van der Waals surface area contributed by atoms with Crippen molar-refractivity contribution in [2.45, 2.75) is 25.3 Å². The average Bonchev–Trinajstić information content (AvgIpc) is 3.29. The summed E-state index contributed by atoms with van der Waals surface area (Å²) in [6.45, 7) is 2.07. The molecule has 1 heterocycles. The molecule has 2 aromatic rings. The molecule has 1 aromatic heterocycles. The van der Waals surface area contributed by atoms with Gasteiger partial charge in [-0.2, -0.15) is 0 Å². The summed E-state index contributed by atoms with van der Waals surface area (Å²) in [5.41, 5.74) is 3.32. The van der Waals surface area contributed by atoms with Crippen LogP contribution in [0.25, 0.3) is 0 Å². The number of hydrogen-bond acceptors (Lipinski definition) is 2. The molecule has 0 saturated heterocycles. The molecule has 1 fully saturated rings. The van der Waals surface area contributed by atoms with Crippen molar-refractivity contribution in [3.05, 3.63) is 64.4 Å². The molecular weight excluding hydrogens is 268 g/mol. The Balaban J connectivity index is 2.13. The fourth-order valence-electron chi connectivity index (χ4n) is 3.00. The molecule has 1 aliphatic carbocycles. The van der Waals surface area contributed by atoms with Gasteiger partial charge in [-0.25, -0.2) is 0 Å². The van der Waals surface area contributed by atoms with Gasteiger partial charge in [0.2, 0.25) is 0 Å². The van der Waals surface area contributed by atoms with E-state index < -0.39 is 0 Å². The number of aromatic nitrogens is 1. The van der Waals surface area contributed by atoms with E-state index in [4.69, 9.17) is 11.6 Å². The second-order valence-electron chi connectivity index (χ2n) is 5.56. The molecule has 104 valence electrons. The van der Waals surface area contributed by atoms with Crippen molar-refractivity contribution >= 4 is 11.6 Å². The number of pyridine rings is 1. The Kier molecular flexibility index (Phi) is 3.53. The third-order valence-electron chi connectivity index (χ3n) is 4.20. The van der Waals surface area contributed by atoms with E-state index in [1.54, 1.807) is 0 Å². The second-order valence-corrected chi connectivity index (χ2v) is 6.00. The zero-order valence-corrected chi connectivity index (χ0v) is 12.6. The maximum atomic E-state index is 6.03. The Labute approximate surface area is 125 Å². The Hall–Kier alpha value is -1.38. The monoisotopic (exact) mass is 286 g/mol. The first-order chi connectivity index (χ1) is 9.66. The number of nitrogens with one attached hydrogen (secondary N) is 1. The maximum Gasteiger partial charge on any atom is 0.0889 e. The van der Waals surface area contributed by atoms with Crippen LogP contribution >= 0.6 is 11.6 Å². The molecule has 1 saturated carbocycles. The van der Waals surface area contributed by atoms with Crippen LogP contribution in [0.2, 0.25) is 5.02 Å². The molecule has 1 atom stereocenters. The maximum absolute atomic E-state index is 6.03. The highest BCUT2D eigenvalue weighted by Gasteiger charge is 2.47. The summed E-state index contributed by atoms with van der Waals surface area (Å²) in [5, 5.41) is 4.31. The fraction of sp³-hybridized carbons (Fsp3) is 0.353. The zero-order chi connectivity index (χ0) is 14.2. The highest BCUT2D eigenvalue weighted by atomic mass is 35.5. The first-order valence-corrected chi connectivity index (χ1v) is 7.42. The van der Waals surface area contributed by atoms with Crippen LogP contribution in [-0.4, -0.2) is 12.0 Å². The van der Waals surface area contributed by atoms with Gasteiger partial charge in [-0.1, -0.05) is 29.8 Å². The molecule has 0 radical (unpaired) electrons. The summed E-state index contributed by atoms with van der Waals surface area (Å²) < 4.78 is 0. The molecule has 0 aliphatic heterocycles. The molecule has 20 heavy (non-hydrogen) atoms. The van der Waals surface area contributed by atoms with Crippen molar-refractivity contribution in [1.29, 1.82) is 0 Å². The van der Waals surface area contributed by atoms with Gasteiger partial charge in [-0.15, -0.1) is 0 Å². The normalized spacial score (nSPS) is 17.8. The minimum absolute atomic E-state index is 0.196. The summed E-state index contributed by atoms with van der Waals surface area (Å²) in [6.07, 6.45) is 4.41. The molecule has 1 N–H and O–H groups in total.